The molecule has 7 heteroatoms. The molecule has 0 fully saturated rings. The summed E-state index contributed by atoms with van der Waals surface area (Å²) < 4.78 is 0. The predicted molar refractivity (Wildman–Crippen MR) is 102 cm³/mol. The molecule has 0 aliphatic rings. The first-order chi connectivity index (χ1) is 11.6. The molecule has 3 aromatic rings. The van der Waals surface area contributed by atoms with E-state index >= 15 is 0 Å². The van der Waals surface area contributed by atoms with Crippen molar-refractivity contribution >= 4 is 57.3 Å². The van der Waals surface area contributed by atoms with Crippen LogP contribution in [0, 0.1) is 0 Å². The average molecular weight is 378 g/mol. The highest BCUT2D eigenvalue weighted by molar-refractivity contribution is 7.13. The summed E-state index contributed by atoms with van der Waals surface area (Å²) in [5.41, 5.74) is 9.06. The molecule has 0 unspecified atom stereocenters. The van der Waals surface area contributed by atoms with Gasteiger partial charge in [0.05, 0.1) is 26.3 Å². The van der Waals surface area contributed by atoms with Gasteiger partial charge in [-0.3, -0.25) is 0 Å². The Labute approximate surface area is 153 Å². The number of nitrogens with zero attached hydrogens (tertiary/aromatic N) is 1. The number of oxime groups is 1. The Morgan fingerprint density at radius 2 is 1.88 bits per heavy atom. The summed E-state index contributed by atoms with van der Waals surface area (Å²) in [6.45, 7) is 0. The molecule has 2 aromatic carbocycles. The largest absolute Gasteiger partial charge is 0.410 e. The number of halogens is 2. The highest BCUT2D eigenvalue weighted by Gasteiger charge is 2.16. The van der Waals surface area contributed by atoms with Crippen LogP contribution < -0.4 is 11.1 Å². The lowest BCUT2D eigenvalue weighted by molar-refractivity contribution is 0.320. The Bertz CT molecular complexity index is 908. The summed E-state index contributed by atoms with van der Waals surface area (Å²) in [5.74, 6) is 0. The quantitative estimate of drug-likeness (QED) is 0.239. The summed E-state index contributed by atoms with van der Waals surface area (Å²) in [7, 11) is 0. The molecule has 1 heterocycles. The molecule has 0 saturated heterocycles. The summed E-state index contributed by atoms with van der Waals surface area (Å²) in [4.78, 5) is 0.661. The number of hydrogen-bond acceptors (Lipinski definition) is 5. The second kappa shape index (κ2) is 7.13. The van der Waals surface area contributed by atoms with E-state index in [2.05, 4.69) is 10.5 Å². The minimum absolute atomic E-state index is 0.339. The van der Waals surface area contributed by atoms with E-state index in [-0.39, 0.29) is 0 Å². The van der Waals surface area contributed by atoms with Gasteiger partial charge in [0.25, 0.3) is 0 Å². The van der Waals surface area contributed by atoms with Crippen molar-refractivity contribution in [3.63, 3.8) is 0 Å². The van der Waals surface area contributed by atoms with Gasteiger partial charge in [-0.05, 0) is 41.8 Å². The minimum atomic E-state index is 0.339. The van der Waals surface area contributed by atoms with Crippen LogP contribution in [-0.2, 0) is 0 Å². The topological polar surface area (TPSA) is 70.6 Å². The molecule has 3 rings (SSSR count). The van der Waals surface area contributed by atoms with Gasteiger partial charge in [0, 0.05) is 11.3 Å². The molecule has 4 nitrogen and oxygen atoms in total. The SMILES string of the molecule is Nc1ccccc1Nc1ccc(C(=NO)c2sccc2Cl)c(Cl)c1. The third-order valence-electron chi connectivity index (χ3n) is 3.40. The number of nitrogen functional groups attached to an aromatic ring is 1. The Morgan fingerprint density at radius 3 is 2.50 bits per heavy atom. The summed E-state index contributed by atoms with van der Waals surface area (Å²) in [6.07, 6.45) is 0. The number of anilines is 3. The Kier molecular flexibility index (Phi) is 4.94. The summed E-state index contributed by atoms with van der Waals surface area (Å²) in [6, 6.07) is 14.5. The van der Waals surface area contributed by atoms with E-state index in [1.165, 1.54) is 11.3 Å². The van der Waals surface area contributed by atoms with Crippen molar-refractivity contribution in [2.45, 2.75) is 0 Å². The van der Waals surface area contributed by atoms with Crippen molar-refractivity contribution in [2.75, 3.05) is 11.1 Å². The third kappa shape index (κ3) is 3.33. The molecule has 0 aliphatic heterocycles. The van der Waals surface area contributed by atoms with Crippen LogP contribution in [-0.4, -0.2) is 10.9 Å². The van der Waals surface area contributed by atoms with Gasteiger partial charge >= 0.3 is 0 Å². The summed E-state index contributed by atoms with van der Waals surface area (Å²) >= 11 is 13.9. The number of rotatable bonds is 4. The van der Waals surface area contributed by atoms with Crippen molar-refractivity contribution in [3.8, 4) is 0 Å². The van der Waals surface area contributed by atoms with E-state index < -0.39 is 0 Å². The maximum Gasteiger partial charge on any atom is 0.130 e. The van der Waals surface area contributed by atoms with Crippen molar-refractivity contribution in [1.29, 1.82) is 0 Å². The van der Waals surface area contributed by atoms with Crippen LogP contribution in [0.25, 0.3) is 0 Å². The van der Waals surface area contributed by atoms with Crippen LogP contribution in [0.5, 0.6) is 0 Å². The second-order valence-electron chi connectivity index (χ2n) is 4.95. The zero-order valence-corrected chi connectivity index (χ0v) is 14.7. The van der Waals surface area contributed by atoms with Crippen LogP contribution in [0.1, 0.15) is 10.4 Å². The molecular weight excluding hydrogens is 365 g/mol. The predicted octanol–water partition coefficient (Wildman–Crippen LogP) is 5.61. The van der Waals surface area contributed by atoms with Crippen LogP contribution in [0.4, 0.5) is 17.1 Å². The lowest BCUT2D eigenvalue weighted by Crippen LogP contribution is -2.03. The van der Waals surface area contributed by atoms with Gasteiger partial charge in [0.1, 0.15) is 5.71 Å². The molecule has 0 radical (unpaired) electrons. The number of hydrogen-bond donors (Lipinski definition) is 3. The molecule has 1 aromatic heterocycles. The van der Waals surface area contributed by atoms with E-state index in [1.54, 1.807) is 18.2 Å². The minimum Gasteiger partial charge on any atom is -0.410 e. The highest BCUT2D eigenvalue weighted by atomic mass is 35.5. The molecule has 24 heavy (non-hydrogen) atoms. The summed E-state index contributed by atoms with van der Waals surface area (Å²) in [5, 5.41) is 18.7. The fourth-order valence-corrected chi connectivity index (χ4v) is 3.65. The van der Waals surface area contributed by atoms with E-state index in [0.717, 1.165) is 11.4 Å². The molecule has 0 aliphatic carbocycles. The second-order valence-corrected chi connectivity index (χ2v) is 6.68. The van der Waals surface area contributed by atoms with Crippen molar-refractivity contribution in [2.24, 2.45) is 5.16 Å². The molecule has 0 amide bonds. The first-order valence-corrected chi connectivity index (χ1v) is 8.60. The maximum atomic E-state index is 9.39. The van der Waals surface area contributed by atoms with E-state index in [0.29, 0.717) is 31.9 Å². The number of nitrogens with two attached hydrogens (primary N) is 1. The Hall–Kier alpha value is -2.21. The third-order valence-corrected chi connectivity index (χ3v) is 5.06. The Balaban J connectivity index is 1.93. The van der Waals surface area contributed by atoms with Crippen molar-refractivity contribution in [3.05, 3.63) is 74.4 Å². The van der Waals surface area contributed by atoms with E-state index in [9.17, 15) is 5.21 Å². The van der Waals surface area contributed by atoms with Crippen LogP contribution in [0.3, 0.4) is 0 Å². The number of benzene rings is 2. The first kappa shape index (κ1) is 16.6. The zero-order chi connectivity index (χ0) is 17.1. The lowest BCUT2D eigenvalue weighted by Gasteiger charge is -2.12. The highest BCUT2D eigenvalue weighted by Crippen LogP contribution is 2.31. The molecule has 0 bridgehead atoms. The number of para-hydroxylation sites is 2. The number of thiophene rings is 1. The lowest BCUT2D eigenvalue weighted by atomic mass is 10.1. The molecule has 0 atom stereocenters. The number of nitrogens with one attached hydrogen (secondary N) is 1. The Morgan fingerprint density at radius 1 is 1.08 bits per heavy atom. The first-order valence-electron chi connectivity index (χ1n) is 6.97. The zero-order valence-electron chi connectivity index (χ0n) is 12.3. The average Bonchev–Trinajstić information content (AvgIpc) is 2.98. The van der Waals surface area contributed by atoms with Gasteiger partial charge < -0.3 is 16.3 Å². The van der Waals surface area contributed by atoms with Crippen molar-refractivity contribution in [1.82, 2.24) is 0 Å². The van der Waals surface area contributed by atoms with Gasteiger partial charge in [0.2, 0.25) is 0 Å². The molecule has 0 spiro atoms. The van der Waals surface area contributed by atoms with Gasteiger partial charge in [-0.15, -0.1) is 11.3 Å². The van der Waals surface area contributed by atoms with E-state index in [1.807, 2.05) is 35.7 Å². The molecule has 4 N–H and O–H groups in total. The smallest absolute Gasteiger partial charge is 0.130 e. The monoisotopic (exact) mass is 377 g/mol. The molecule has 0 saturated carbocycles. The molecular formula is C17H13Cl2N3OS. The van der Waals surface area contributed by atoms with Crippen LogP contribution in [0.15, 0.2) is 59.1 Å². The van der Waals surface area contributed by atoms with Gasteiger partial charge in [-0.1, -0.05) is 40.5 Å². The standard InChI is InChI=1S/C17H13Cl2N3OS/c18-12-7-8-24-17(12)16(22-23)11-6-5-10(9-13(11)19)21-15-4-2-1-3-14(15)20/h1-9,21,23H,20H2. The normalized spacial score (nSPS) is 11.5. The van der Waals surface area contributed by atoms with Gasteiger partial charge in [0.15, 0.2) is 0 Å². The van der Waals surface area contributed by atoms with Crippen LogP contribution in [0.2, 0.25) is 10.0 Å². The fraction of sp³-hybridized carbons (Fsp3) is 0. The fourth-order valence-electron chi connectivity index (χ4n) is 2.24. The van der Waals surface area contributed by atoms with E-state index in [4.69, 9.17) is 28.9 Å². The van der Waals surface area contributed by atoms with Crippen LogP contribution >= 0.6 is 34.5 Å². The molecule has 122 valence electrons. The maximum absolute atomic E-state index is 9.39. The van der Waals surface area contributed by atoms with Crippen molar-refractivity contribution < 1.29 is 5.21 Å². The van der Waals surface area contributed by atoms with Gasteiger partial charge in [-0.25, -0.2) is 0 Å². The van der Waals surface area contributed by atoms with Gasteiger partial charge in [-0.2, -0.15) is 0 Å².